The van der Waals surface area contributed by atoms with E-state index in [1.807, 2.05) is 6.07 Å². The first kappa shape index (κ1) is 9.46. The average molecular weight is 185 g/mol. The molecule has 0 aliphatic carbocycles. The van der Waals surface area contributed by atoms with E-state index in [2.05, 4.69) is 23.8 Å². The van der Waals surface area contributed by atoms with Crippen molar-refractivity contribution in [2.75, 3.05) is 0 Å². The molecule has 0 saturated heterocycles. The Labute approximate surface area is 78.0 Å². The van der Waals surface area contributed by atoms with E-state index >= 15 is 0 Å². The second kappa shape index (κ2) is 4.41. The lowest BCUT2D eigenvalue weighted by molar-refractivity contribution is 0.584. The van der Waals surface area contributed by atoms with E-state index in [-0.39, 0.29) is 5.38 Å². The van der Waals surface area contributed by atoms with E-state index in [1.165, 1.54) is 0 Å². The molecule has 0 fully saturated rings. The second-order valence-corrected chi connectivity index (χ2v) is 3.69. The van der Waals surface area contributed by atoms with Crippen LogP contribution in [0.15, 0.2) is 18.5 Å². The number of aromatic nitrogens is 2. The van der Waals surface area contributed by atoms with Gasteiger partial charge in [0.2, 0.25) is 0 Å². The van der Waals surface area contributed by atoms with Gasteiger partial charge in [-0.15, -0.1) is 11.6 Å². The van der Waals surface area contributed by atoms with Crippen LogP contribution in [0.25, 0.3) is 0 Å². The summed E-state index contributed by atoms with van der Waals surface area (Å²) in [4.78, 5) is 8.21. The van der Waals surface area contributed by atoms with Crippen molar-refractivity contribution in [2.45, 2.75) is 25.6 Å². The van der Waals surface area contributed by atoms with Crippen LogP contribution in [-0.4, -0.2) is 15.3 Å². The number of alkyl halides is 1. The Bertz CT molecular complexity index is 223. The molecule has 0 spiro atoms. The summed E-state index contributed by atoms with van der Waals surface area (Å²) in [5.74, 6) is 1.29. The molecule has 1 heterocycles. The van der Waals surface area contributed by atoms with Gasteiger partial charge in [-0.1, -0.05) is 13.8 Å². The maximum Gasteiger partial charge on any atom is 0.129 e. The molecular weight excluding hydrogens is 172 g/mol. The fraction of sp³-hybridized carbons (Fsp3) is 0.556. The number of halogens is 1. The van der Waals surface area contributed by atoms with Crippen molar-refractivity contribution >= 4 is 11.6 Å². The van der Waals surface area contributed by atoms with Crippen LogP contribution >= 0.6 is 11.6 Å². The minimum Gasteiger partial charge on any atom is -0.241 e. The normalized spacial score (nSPS) is 13.3. The number of rotatable bonds is 3. The largest absolute Gasteiger partial charge is 0.241 e. The second-order valence-electron chi connectivity index (χ2n) is 3.13. The fourth-order valence-corrected chi connectivity index (χ4v) is 0.984. The third-order valence-electron chi connectivity index (χ3n) is 1.72. The minimum atomic E-state index is 0.132. The summed E-state index contributed by atoms with van der Waals surface area (Å²) in [7, 11) is 0. The highest BCUT2D eigenvalue weighted by Crippen LogP contribution is 2.12. The van der Waals surface area contributed by atoms with Crippen LogP contribution in [0.4, 0.5) is 0 Å². The van der Waals surface area contributed by atoms with Crippen molar-refractivity contribution in [3.05, 3.63) is 24.3 Å². The molecule has 1 unspecified atom stereocenters. The van der Waals surface area contributed by atoms with Crippen LogP contribution in [0.2, 0.25) is 0 Å². The summed E-state index contributed by atoms with van der Waals surface area (Å²) in [6.45, 7) is 4.20. The van der Waals surface area contributed by atoms with Crippen molar-refractivity contribution in [1.82, 2.24) is 9.97 Å². The highest BCUT2D eigenvalue weighted by atomic mass is 35.5. The number of nitrogens with zero attached hydrogens (tertiary/aromatic N) is 2. The van der Waals surface area contributed by atoms with Gasteiger partial charge in [-0.2, -0.15) is 0 Å². The smallest absolute Gasteiger partial charge is 0.129 e. The standard InChI is InChI=1S/C9H13ClN2/c1-7(2)8(10)6-9-11-4-3-5-12-9/h3-5,7-8H,6H2,1-2H3. The van der Waals surface area contributed by atoms with Gasteiger partial charge in [-0.25, -0.2) is 9.97 Å². The quantitative estimate of drug-likeness (QED) is 0.674. The summed E-state index contributed by atoms with van der Waals surface area (Å²) in [5, 5.41) is 0.132. The maximum atomic E-state index is 6.07. The molecule has 0 aliphatic rings. The van der Waals surface area contributed by atoms with Gasteiger partial charge >= 0.3 is 0 Å². The molecular formula is C9H13ClN2. The highest BCUT2D eigenvalue weighted by molar-refractivity contribution is 6.20. The molecule has 3 heteroatoms. The Hall–Kier alpha value is -0.630. The van der Waals surface area contributed by atoms with Crippen molar-refractivity contribution in [3.8, 4) is 0 Å². The van der Waals surface area contributed by atoms with E-state index in [9.17, 15) is 0 Å². The van der Waals surface area contributed by atoms with Crippen LogP contribution in [0.3, 0.4) is 0 Å². The zero-order chi connectivity index (χ0) is 8.97. The molecule has 1 aromatic rings. The molecule has 0 aliphatic heterocycles. The Morgan fingerprint density at radius 1 is 1.33 bits per heavy atom. The number of hydrogen-bond acceptors (Lipinski definition) is 2. The van der Waals surface area contributed by atoms with E-state index < -0.39 is 0 Å². The molecule has 0 radical (unpaired) electrons. The van der Waals surface area contributed by atoms with Crippen LogP contribution in [0.5, 0.6) is 0 Å². The molecule has 66 valence electrons. The first-order valence-electron chi connectivity index (χ1n) is 4.10. The third-order valence-corrected chi connectivity index (χ3v) is 2.38. The van der Waals surface area contributed by atoms with Crippen molar-refractivity contribution in [2.24, 2.45) is 5.92 Å². The molecule has 1 rings (SSSR count). The number of hydrogen-bond donors (Lipinski definition) is 0. The van der Waals surface area contributed by atoms with Gasteiger partial charge in [-0.3, -0.25) is 0 Å². The van der Waals surface area contributed by atoms with E-state index in [4.69, 9.17) is 11.6 Å². The summed E-state index contributed by atoms with van der Waals surface area (Å²) in [6, 6.07) is 1.81. The predicted octanol–water partition coefficient (Wildman–Crippen LogP) is 2.28. The van der Waals surface area contributed by atoms with Gasteiger partial charge in [0.05, 0.1) is 0 Å². The molecule has 0 bridgehead atoms. The lowest BCUT2D eigenvalue weighted by Gasteiger charge is -2.11. The fourth-order valence-electron chi connectivity index (χ4n) is 0.845. The Morgan fingerprint density at radius 2 is 1.92 bits per heavy atom. The zero-order valence-electron chi connectivity index (χ0n) is 7.37. The molecule has 0 aromatic carbocycles. The molecule has 1 aromatic heterocycles. The lowest BCUT2D eigenvalue weighted by atomic mass is 10.1. The van der Waals surface area contributed by atoms with Gasteiger partial charge < -0.3 is 0 Å². The molecule has 0 N–H and O–H groups in total. The van der Waals surface area contributed by atoms with E-state index in [0.29, 0.717) is 5.92 Å². The van der Waals surface area contributed by atoms with Gasteiger partial charge in [-0.05, 0) is 12.0 Å². The summed E-state index contributed by atoms with van der Waals surface area (Å²) >= 11 is 6.07. The van der Waals surface area contributed by atoms with Crippen LogP contribution in [0.1, 0.15) is 19.7 Å². The zero-order valence-corrected chi connectivity index (χ0v) is 8.12. The molecule has 1 atom stereocenters. The first-order chi connectivity index (χ1) is 5.70. The molecule has 0 saturated carbocycles. The van der Waals surface area contributed by atoms with E-state index in [1.54, 1.807) is 12.4 Å². The van der Waals surface area contributed by atoms with Gasteiger partial charge in [0, 0.05) is 24.2 Å². The summed E-state index contributed by atoms with van der Waals surface area (Å²) in [5.41, 5.74) is 0. The van der Waals surface area contributed by atoms with E-state index in [0.717, 1.165) is 12.2 Å². The summed E-state index contributed by atoms with van der Waals surface area (Å²) < 4.78 is 0. The molecule has 12 heavy (non-hydrogen) atoms. The predicted molar refractivity (Wildman–Crippen MR) is 50.2 cm³/mol. The van der Waals surface area contributed by atoms with Gasteiger partial charge in [0.25, 0.3) is 0 Å². The molecule has 0 amide bonds. The Kier molecular flexibility index (Phi) is 3.48. The van der Waals surface area contributed by atoms with Gasteiger partial charge in [0.1, 0.15) is 5.82 Å². The average Bonchev–Trinajstić information content (AvgIpc) is 2.06. The van der Waals surface area contributed by atoms with Crippen LogP contribution in [0, 0.1) is 5.92 Å². The topological polar surface area (TPSA) is 25.8 Å². The summed E-state index contributed by atoms with van der Waals surface area (Å²) in [6.07, 6.45) is 4.23. The minimum absolute atomic E-state index is 0.132. The van der Waals surface area contributed by atoms with Crippen LogP contribution < -0.4 is 0 Å². The molecule has 2 nitrogen and oxygen atoms in total. The van der Waals surface area contributed by atoms with Crippen molar-refractivity contribution in [3.63, 3.8) is 0 Å². The Balaban J connectivity index is 2.53. The van der Waals surface area contributed by atoms with Crippen molar-refractivity contribution in [1.29, 1.82) is 0 Å². The Morgan fingerprint density at radius 3 is 2.42 bits per heavy atom. The monoisotopic (exact) mass is 184 g/mol. The first-order valence-corrected chi connectivity index (χ1v) is 4.53. The maximum absolute atomic E-state index is 6.07. The van der Waals surface area contributed by atoms with Gasteiger partial charge in [0.15, 0.2) is 0 Å². The lowest BCUT2D eigenvalue weighted by Crippen LogP contribution is -2.12. The van der Waals surface area contributed by atoms with Crippen molar-refractivity contribution < 1.29 is 0 Å². The highest BCUT2D eigenvalue weighted by Gasteiger charge is 2.11. The third kappa shape index (κ3) is 2.78. The SMILES string of the molecule is CC(C)C(Cl)Cc1ncccn1. The van der Waals surface area contributed by atoms with Crippen LogP contribution in [-0.2, 0) is 6.42 Å².